The van der Waals surface area contributed by atoms with Crippen molar-refractivity contribution in [2.75, 3.05) is 13.1 Å². The largest absolute Gasteiger partial charge is 0.325 e. The molecule has 2 fully saturated rings. The number of halogens is 2. The molecule has 21 heavy (non-hydrogen) atoms. The molecule has 7 heteroatoms. The lowest BCUT2D eigenvalue weighted by Crippen LogP contribution is -2.57. The maximum absolute atomic E-state index is 13.5. The minimum absolute atomic E-state index is 0.0603. The molecule has 1 spiro atoms. The summed E-state index contributed by atoms with van der Waals surface area (Å²) in [7, 11) is 0. The van der Waals surface area contributed by atoms with Gasteiger partial charge in [-0.05, 0) is 46.9 Å². The van der Waals surface area contributed by atoms with Crippen molar-refractivity contribution in [3.63, 3.8) is 0 Å². The molecule has 2 aliphatic rings. The SMILES string of the molecule is O=C1NC2(CCCNC2)C(=O)N1Cc1cccc(F)c1Br. The molecule has 2 heterocycles. The number of benzene rings is 1. The molecule has 0 saturated carbocycles. The number of amides is 3. The third kappa shape index (κ3) is 2.44. The maximum atomic E-state index is 13.5. The van der Waals surface area contributed by atoms with Crippen LogP contribution in [0, 0.1) is 5.82 Å². The molecule has 2 aliphatic heterocycles. The topological polar surface area (TPSA) is 61.4 Å². The maximum Gasteiger partial charge on any atom is 0.325 e. The third-order valence-corrected chi connectivity index (χ3v) is 4.88. The number of rotatable bonds is 2. The Morgan fingerprint density at radius 2 is 2.19 bits per heavy atom. The van der Waals surface area contributed by atoms with Crippen LogP contribution in [0.4, 0.5) is 9.18 Å². The van der Waals surface area contributed by atoms with Crippen LogP contribution in [0.5, 0.6) is 0 Å². The van der Waals surface area contributed by atoms with Gasteiger partial charge in [-0.25, -0.2) is 9.18 Å². The fraction of sp³-hybridized carbons (Fsp3) is 0.429. The second-order valence-corrected chi connectivity index (χ2v) is 6.19. The van der Waals surface area contributed by atoms with Crippen LogP contribution in [0.25, 0.3) is 0 Å². The Labute approximate surface area is 130 Å². The zero-order valence-corrected chi connectivity index (χ0v) is 12.9. The van der Waals surface area contributed by atoms with Gasteiger partial charge in [0.15, 0.2) is 0 Å². The number of urea groups is 1. The van der Waals surface area contributed by atoms with Gasteiger partial charge in [-0.1, -0.05) is 12.1 Å². The summed E-state index contributed by atoms with van der Waals surface area (Å²) in [5.74, 6) is -0.649. The van der Waals surface area contributed by atoms with Gasteiger partial charge in [0.1, 0.15) is 11.4 Å². The first-order valence-electron chi connectivity index (χ1n) is 6.81. The van der Waals surface area contributed by atoms with Gasteiger partial charge >= 0.3 is 6.03 Å². The summed E-state index contributed by atoms with van der Waals surface area (Å²) in [5, 5.41) is 5.93. The van der Waals surface area contributed by atoms with Crippen LogP contribution in [-0.4, -0.2) is 35.5 Å². The van der Waals surface area contributed by atoms with Crippen molar-refractivity contribution < 1.29 is 14.0 Å². The summed E-state index contributed by atoms with van der Waals surface area (Å²) in [4.78, 5) is 25.9. The number of piperidine rings is 1. The van der Waals surface area contributed by atoms with Crippen LogP contribution in [-0.2, 0) is 11.3 Å². The lowest BCUT2D eigenvalue weighted by Gasteiger charge is -2.31. The number of nitrogens with one attached hydrogen (secondary N) is 2. The van der Waals surface area contributed by atoms with Crippen molar-refractivity contribution >= 4 is 27.9 Å². The van der Waals surface area contributed by atoms with E-state index in [0.29, 0.717) is 18.5 Å². The predicted octanol–water partition coefficient (Wildman–Crippen LogP) is 1.76. The average molecular weight is 356 g/mol. The number of carbonyl (C=O) groups excluding carboxylic acids is 2. The first kappa shape index (κ1) is 14.5. The monoisotopic (exact) mass is 355 g/mol. The van der Waals surface area contributed by atoms with E-state index in [1.54, 1.807) is 12.1 Å². The minimum atomic E-state index is -0.838. The molecule has 2 saturated heterocycles. The fourth-order valence-electron chi connectivity index (χ4n) is 2.86. The fourth-order valence-corrected chi connectivity index (χ4v) is 3.25. The highest BCUT2D eigenvalue weighted by Gasteiger charge is 2.51. The highest BCUT2D eigenvalue weighted by molar-refractivity contribution is 9.10. The average Bonchev–Trinajstić information content (AvgIpc) is 2.69. The number of hydrogen-bond acceptors (Lipinski definition) is 3. The van der Waals surface area contributed by atoms with Gasteiger partial charge in [-0.2, -0.15) is 0 Å². The van der Waals surface area contributed by atoms with Crippen molar-refractivity contribution in [1.82, 2.24) is 15.5 Å². The minimum Gasteiger partial charge on any atom is -0.322 e. The molecular weight excluding hydrogens is 341 g/mol. The number of hydrogen-bond donors (Lipinski definition) is 2. The summed E-state index contributed by atoms with van der Waals surface area (Å²) in [6.45, 7) is 1.35. The standard InChI is InChI=1S/C14H15BrFN3O2/c15-11-9(3-1-4-10(11)16)7-19-12(20)14(18-13(19)21)5-2-6-17-8-14/h1,3-4,17H,2,5-8H2,(H,18,21). The molecule has 5 nitrogen and oxygen atoms in total. The summed E-state index contributed by atoms with van der Waals surface area (Å²) >= 11 is 3.16. The lowest BCUT2D eigenvalue weighted by atomic mass is 9.90. The Kier molecular flexibility index (Phi) is 3.71. The quantitative estimate of drug-likeness (QED) is 0.794. The Bertz CT molecular complexity index is 602. The van der Waals surface area contributed by atoms with Gasteiger partial charge in [0.05, 0.1) is 11.0 Å². The van der Waals surface area contributed by atoms with Gasteiger partial charge < -0.3 is 10.6 Å². The molecule has 1 aromatic rings. The van der Waals surface area contributed by atoms with Crippen LogP contribution >= 0.6 is 15.9 Å². The van der Waals surface area contributed by atoms with Crippen molar-refractivity contribution in [3.05, 3.63) is 34.1 Å². The second-order valence-electron chi connectivity index (χ2n) is 5.40. The third-order valence-electron chi connectivity index (χ3n) is 3.99. The molecule has 2 N–H and O–H groups in total. The molecule has 1 aromatic carbocycles. The molecule has 0 aromatic heterocycles. The molecule has 0 aliphatic carbocycles. The highest BCUT2D eigenvalue weighted by atomic mass is 79.9. The van der Waals surface area contributed by atoms with E-state index >= 15 is 0 Å². The molecule has 0 bridgehead atoms. The molecule has 1 unspecified atom stereocenters. The van der Waals surface area contributed by atoms with Crippen LogP contribution in [0.1, 0.15) is 18.4 Å². The Morgan fingerprint density at radius 1 is 1.38 bits per heavy atom. The first-order chi connectivity index (χ1) is 10.0. The van der Waals surface area contributed by atoms with Crippen LogP contribution in [0.15, 0.2) is 22.7 Å². The number of imide groups is 1. The normalized spacial score (nSPS) is 25.5. The first-order valence-corrected chi connectivity index (χ1v) is 7.60. The molecule has 0 radical (unpaired) electrons. The van der Waals surface area contributed by atoms with Gasteiger partial charge in [0.2, 0.25) is 0 Å². The van der Waals surface area contributed by atoms with Gasteiger partial charge in [-0.3, -0.25) is 9.69 Å². The van der Waals surface area contributed by atoms with Crippen LogP contribution < -0.4 is 10.6 Å². The zero-order valence-electron chi connectivity index (χ0n) is 11.3. The summed E-state index contributed by atoms with van der Waals surface area (Å²) in [6.07, 6.45) is 1.47. The Hall–Kier alpha value is -1.47. The van der Waals surface area contributed by atoms with Gasteiger partial charge in [0, 0.05) is 6.54 Å². The van der Waals surface area contributed by atoms with E-state index in [-0.39, 0.29) is 16.9 Å². The summed E-state index contributed by atoms with van der Waals surface area (Å²) < 4.78 is 13.8. The molecule has 3 amide bonds. The highest BCUT2D eigenvalue weighted by Crippen LogP contribution is 2.28. The Balaban J connectivity index is 1.84. The van der Waals surface area contributed by atoms with Gasteiger partial charge in [-0.15, -0.1) is 0 Å². The molecule has 112 valence electrons. The smallest absolute Gasteiger partial charge is 0.322 e. The van der Waals surface area contributed by atoms with E-state index in [9.17, 15) is 14.0 Å². The number of nitrogens with zero attached hydrogens (tertiary/aromatic N) is 1. The van der Waals surface area contributed by atoms with Gasteiger partial charge in [0.25, 0.3) is 5.91 Å². The number of carbonyl (C=O) groups is 2. The Morgan fingerprint density at radius 3 is 2.90 bits per heavy atom. The van der Waals surface area contributed by atoms with Crippen molar-refractivity contribution in [3.8, 4) is 0 Å². The van der Waals surface area contributed by atoms with E-state index < -0.39 is 17.4 Å². The van der Waals surface area contributed by atoms with E-state index in [1.807, 2.05) is 0 Å². The van der Waals surface area contributed by atoms with Crippen molar-refractivity contribution in [2.24, 2.45) is 0 Å². The summed E-state index contributed by atoms with van der Waals surface area (Å²) in [5.41, 5.74) is -0.269. The second kappa shape index (κ2) is 5.38. The van der Waals surface area contributed by atoms with E-state index in [4.69, 9.17) is 0 Å². The van der Waals surface area contributed by atoms with Crippen LogP contribution in [0.2, 0.25) is 0 Å². The summed E-state index contributed by atoms with van der Waals surface area (Å²) in [6, 6.07) is 4.16. The van der Waals surface area contributed by atoms with E-state index in [0.717, 1.165) is 17.9 Å². The van der Waals surface area contributed by atoms with Crippen molar-refractivity contribution in [2.45, 2.75) is 24.9 Å². The predicted molar refractivity (Wildman–Crippen MR) is 78.0 cm³/mol. The van der Waals surface area contributed by atoms with E-state index in [2.05, 4.69) is 26.6 Å². The lowest BCUT2D eigenvalue weighted by molar-refractivity contribution is -0.132. The van der Waals surface area contributed by atoms with Crippen molar-refractivity contribution in [1.29, 1.82) is 0 Å². The molecule has 3 rings (SSSR count). The van der Waals surface area contributed by atoms with E-state index in [1.165, 1.54) is 6.07 Å². The molecule has 1 atom stereocenters. The van der Waals surface area contributed by atoms with Crippen LogP contribution in [0.3, 0.4) is 0 Å². The zero-order chi connectivity index (χ0) is 15.0. The molecular formula is C14H15BrFN3O2.